The molecule has 0 atom stereocenters. The average Bonchev–Trinajstić information content (AvgIpc) is 2.67. The van der Waals surface area contributed by atoms with Crippen molar-refractivity contribution >= 4 is 23.8 Å². The van der Waals surface area contributed by atoms with E-state index in [2.05, 4.69) is 16.1 Å². The second kappa shape index (κ2) is 7.77. The number of aliphatic imine (C=N–C) groups is 2. The van der Waals surface area contributed by atoms with E-state index in [0.717, 1.165) is 0 Å². The van der Waals surface area contributed by atoms with Crippen LogP contribution >= 0.6 is 0 Å². The molecule has 0 spiro atoms. The third kappa shape index (κ3) is 3.94. The van der Waals surface area contributed by atoms with Crippen LogP contribution in [0, 0.1) is 11.3 Å². The molecular weight excluding hydrogens is 326 g/mol. The zero-order chi connectivity index (χ0) is 18.4. The predicted octanol–water partition coefficient (Wildman–Crippen LogP) is 4.47. The highest BCUT2D eigenvalue weighted by molar-refractivity contribution is 5.89. The van der Waals surface area contributed by atoms with Crippen molar-refractivity contribution in [1.29, 1.82) is 5.26 Å². The van der Waals surface area contributed by atoms with Gasteiger partial charge in [-0.15, -0.1) is 0 Å². The smallest absolute Gasteiger partial charge is 0.124 e. The number of nitrogens with zero attached hydrogens (tertiary/aromatic N) is 3. The molecule has 5 nitrogen and oxygen atoms in total. The van der Waals surface area contributed by atoms with Crippen LogP contribution in [0.25, 0.3) is 0 Å². The van der Waals surface area contributed by atoms with E-state index in [9.17, 15) is 10.2 Å². The lowest BCUT2D eigenvalue weighted by Crippen LogP contribution is -1.83. The van der Waals surface area contributed by atoms with Gasteiger partial charge in [0.15, 0.2) is 0 Å². The van der Waals surface area contributed by atoms with Crippen molar-refractivity contribution in [3.8, 4) is 17.6 Å². The molecule has 0 amide bonds. The lowest BCUT2D eigenvalue weighted by atomic mass is 10.1. The van der Waals surface area contributed by atoms with Gasteiger partial charge in [0, 0.05) is 23.6 Å². The zero-order valence-electron chi connectivity index (χ0n) is 13.7. The highest BCUT2D eigenvalue weighted by atomic mass is 16.3. The van der Waals surface area contributed by atoms with E-state index in [0.29, 0.717) is 28.1 Å². The maximum absolute atomic E-state index is 9.84. The van der Waals surface area contributed by atoms with Crippen molar-refractivity contribution in [2.45, 2.75) is 0 Å². The van der Waals surface area contributed by atoms with Crippen molar-refractivity contribution < 1.29 is 10.2 Å². The van der Waals surface area contributed by atoms with Crippen molar-refractivity contribution in [2.24, 2.45) is 9.98 Å². The molecule has 0 saturated heterocycles. The lowest BCUT2D eigenvalue weighted by molar-refractivity contribution is 0.474. The molecule has 5 heteroatoms. The zero-order valence-corrected chi connectivity index (χ0v) is 13.7. The number of hydrogen-bond donors (Lipinski definition) is 2. The van der Waals surface area contributed by atoms with Crippen LogP contribution in [0.5, 0.6) is 11.5 Å². The predicted molar refractivity (Wildman–Crippen MR) is 102 cm³/mol. The average molecular weight is 341 g/mol. The van der Waals surface area contributed by atoms with Gasteiger partial charge in [-0.3, -0.25) is 9.98 Å². The second-order valence-electron chi connectivity index (χ2n) is 5.45. The third-order valence-corrected chi connectivity index (χ3v) is 3.66. The monoisotopic (exact) mass is 341 g/mol. The van der Waals surface area contributed by atoms with Crippen LogP contribution in [0.15, 0.2) is 76.7 Å². The number of nitriles is 1. The molecule has 0 heterocycles. The standard InChI is InChI=1S/C21H15N3O2/c22-12-15-9-10-18(23-13-16-5-1-3-7-20(16)25)19(11-15)24-14-17-6-2-4-8-21(17)26/h1-11,13-14,25-26H. The molecule has 0 fully saturated rings. The minimum atomic E-state index is 0.118. The van der Waals surface area contributed by atoms with Crippen LogP contribution in [0.2, 0.25) is 0 Å². The van der Waals surface area contributed by atoms with Crippen molar-refractivity contribution in [3.63, 3.8) is 0 Å². The van der Waals surface area contributed by atoms with Gasteiger partial charge in [0.2, 0.25) is 0 Å². The fourth-order valence-electron chi connectivity index (χ4n) is 2.28. The van der Waals surface area contributed by atoms with E-state index >= 15 is 0 Å². The van der Waals surface area contributed by atoms with Gasteiger partial charge >= 0.3 is 0 Å². The van der Waals surface area contributed by atoms with Gasteiger partial charge < -0.3 is 10.2 Å². The lowest BCUT2D eigenvalue weighted by Gasteiger charge is -2.03. The molecule has 26 heavy (non-hydrogen) atoms. The Bertz CT molecular complexity index is 1030. The van der Waals surface area contributed by atoms with Crippen LogP contribution in [0.4, 0.5) is 11.4 Å². The maximum Gasteiger partial charge on any atom is 0.124 e. The number of para-hydroxylation sites is 2. The Morgan fingerprint density at radius 1 is 0.731 bits per heavy atom. The Labute approximate surface area is 150 Å². The first-order valence-electron chi connectivity index (χ1n) is 7.85. The summed E-state index contributed by atoms with van der Waals surface area (Å²) in [6.07, 6.45) is 3.06. The van der Waals surface area contributed by atoms with Gasteiger partial charge in [0.05, 0.1) is 23.0 Å². The fourth-order valence-corrected chi connectivity index (χ4v) is 2.28. The Hall–Kier alpha value is -3.91. The fraction of sp³-hybridized carbons (Fsp3) is 0. The maximum atomic E-state index is 9.84. The van der Waals surface area contributed by atoms with E-state index < -0.39 is 0 Å². The van der Waals surface area contributed by atoms with Gasteiger partial charge in [0.25, 0.3) is 0 Å². The van der Waals surface area contributed by atoms with Gasteiger partial charge in [-0.1, -0.05) is 24.3 Å². The van der Waals surface area contributed by atoms with Crippen LogP contribution in [-0.2, 0) is 0 Å². The number of aromatic hydroxyl groups is 2. The summed E-state index contributed by atoms with van der Waals surface area (Å²) in [4.78, 5) is 8.74. The molecule has 3 rings (SSSR count). The molecule has 0 saturated carbocycles. The van der Waals surface area contributed by atoms with Crippen LogP contribution < -0.4 is 0 Å². The summed E-state index contributed by atoms with van der Waals surface area (Å²) < 4.78 is 0. The number of rotatable bonds is 4. The number of hydrogen-bond acceptors (Lipinski definition) is 5. The van der Waals surface area contributed by atoms with Crippen molar-refractivity contribution in [3.05, 3.63) is 83.4 Å². The first-order valence-corrected chi connectivity index (χ1v) is 7.85. The number of benzene rings is 3. The van der Waals surface area contributed by atoms with E-state index in [1.54, 1.807) is 66.7 Å². The van der Waals surface area contributed by atoms with Crippen molar-refractivity contribution in [2.75, 3.05) is 0 Å². The second-order valence-corrected chi connectivity index (χ2v) is 5.45. The summed E-state index contributed by atoms with van der Waals surface area (Å²) in [7, 11) is 0. The van der Waals surface area contributed by atoms with E-state index in [4.69, 9.17) is 5.26 Å². The highest BCUT2D eigenvalue weighted by Crippen LogP contribution is 2.30. The van der Waals surface area contributed by atoms with E-state index in [1.165, 1.54) is 12.4 Å². The van der Waals surface area contributed by atoms with Crippen LogP contribution in [-0.4, -0.2) is 22.6 Å². The molecule has 0 unspecified atom stereocenters. The van der Waals surface area contributed by atoms with E-state index in [1.807, 2.05) is 0 Å². The summed E-state index contributed by atoms with van der Waals surface area (Å²) in [6.45, 7) is 0. The van der Waals surface area contributed by atoms with Gasteiger partial charge in [-0.05, 0) is 42.5 Å². The van der Waals surface area contributed by atoms with Crippen LogP contribution in [0.3, 0.4) is 0 Å². The topological polar surface area (TPSA) is 89.0 Å². The first-order chi connectivity index (χ1) is 12.7. The third-order valence-electron chi connectivity index (χ3n) is 3.66. The Balaban J connectivity index is 1.97. The summed E-state index contributed by atoms with van der Waals surface area (Å²) >= 11 is 0. The Morgan fingerprint density at radius 3 is 1.81 bits per heavy atom. The quantitative estimate of drug-likeness (QED) is 0.686. The first kappa shape index (κ1) is 16.9. The SMILES string of the molecule is N#Cc1ccc(N=Cc2ccccc2O)c(N=Cc2ccccc2O)c1. The molecule has 0 aliphatic rings. The normalized spacial score (nSPS) is 11.0. The van der Waals surface area contributed by atoms with Gasteiger partial charge in [0.1, 0.15) is 11.5 Å². The molecular formula is C21H15N3O2. The summed E-state index contributed by atoms with van der Waals surface area (Å²) in [5, 5.41) is 28.8. The number of phenolic OH excluding ortho intramolecular Hbond substituents is 2. The molecule has 0 bridgehead atoms. The molecule has 3 aromatic carbocycles. The Morgan fingerprint density at radius 2 is 1.27 bits per heavy atom. The van der Waals surface area contributed by atoms with Crippen LogP contribution in [0.1, 0.15) is 16.7 Å². The highest BCUT2D eigenvalue weighted by Gasteiger charge is 2.03. The summed E-state index contributed by atoms with van der Waals surface area (Å²) in [5.74, 6) is 0.246. The molecule has 0 aliphatic carbocycles. The molecule has 2 N–H and O–H groups in total. The summed E-state index contributed by atoms with van der Waals surface area (Å²) in [5.41, 5.74) is 2.62. The molecule has 0 aromatic heterocycles. The number of phenols is 2. The summed E-state index contributed by atoms with van der Waals surface area (Å²) in [6, 6.07) is 20.7. The van der Waals surface area contributed by atoms with Gasteiger partial charge in [-0.25, -0.2) is 0 Å². The molecule has 0 aliphatic heterocycles. The minimum Gasteiger partial charge on any atom is -0.507 e. The van der Waals surface area contributed by atoms with Crippen molar-refractivity contribution in [1.82, 2.24) is 0 Å². The molecule has 3 aromatic rings. The molecule has 0 radical (unpaired) electrons. The Kier molecular flexibility index (Phi) is 5.06. The minimum absolute atomic E-state index is 0.118. The molecule has 126 valence electrons. The van der Waals surface area contributed by atoms with Gasteiger partial charge in [-0.2, -0.15) is 5.26 Å². The largest absolute Gasteiger partial charge is 0.507 e. The van der Waals surface area contributed by atoms with E-state index in [-0.39, 0.29) is 11.5 Å².